The fourth-order valence-electron chi connectivity index (χ4n) is 1.38. The van der Waals surface area contributed by atoms with Gasteiger partial charge in [0.05, 0.1) is 13.2 Å². The van der Waals surface area contributed by atoms with E-state index in [9.17, 15) is 4.79 Å². The Bertz CT molecular complexity index is 384. The van der Waals surface area contributed by atoms with Gasteiger partial charge in [0, 0.05) is 0 Å². The van der Waals surface area contributed by atoms with Crippen LogP contribution in [0.5, 0.6) is 0 Å². The van der Waals surface area contributed by atoms with Crippen molar-refractivity contribution in [2.45, 2.75) is 39.8 Å². The molecule has 0 fully saturated rings. The Labute approximate surface area is 94.8 Å². The molecule has 0 saturated carbocycles. The third kappa shape index (κ3) is 2.79. The predicted molar refractivity (Wildman–Crippen MR) is 58.7 cm³/mol. The van der Waals surface area contributed by atoms with E-state index in [4.69, 9.17) is 10.5 Å². The molecule has 0 aliphatic rings. The van der Waals surface area contributed by atoms with E-state index in [2.05, 4.69) is 10.1 Å². The highest BCUT2D eigenvalue weighted by Gasteiger charge is 2.31. The minimum atomic E-state index is -1.08. The Morgan fingerprint density at radius 2 is 2.19 bits per heavy atom. The number of esters is 1. The number of nitrogens with two attached hydrogens (primary N) is 1. The lowest BCUT2D eigenvalue weighted by Crippen LogP contribution is -2.50. The highest BCUT2D eigenvalue weighted by atomic mass is 16.5. The summed E-state index contributed by atoms with van der Waals surface area (Å²) in [6, 6.07) is 0. The van der Waals surface area contributed by atoms with Crippen molar-refractivity contribution in [1.29, 1.82) is 0 Å². The van der Waals surface area contributed by atoms with Gasteiger partial charge in [-0.1, -0.05) is 0 Å². The first-order chi connectivity index (χ1) is 7.36. The van der Waals surface area contributed by atoms with Gasteiger partial charge >= 0.3 is 5.97 Å². The van der Waals surface area contributed by atoms with Gasteiger partial charge in [0.1, 0.15) is 17.2 Å². The molecule has 0 bridgehead atoms. The van der Waals surface area contributed by atoms with Crippen molar-refractivity contribution in [3.05, 3.63) is 11.6 Å². The van der Waals surface area contributed by atoms with Crippen molar-refractivity contribution in [1.82, 2.24) is 14.8 Å². The summed E-state index contributed by atoms with van der Waals surface area (Å²) >= 11 is 0. The molecule has 16 heavy (non-hydrogen) atoms. The molecule has 6 nitrogen and oxygen atoms in total. The van der Waals surface area contributed by atoms with E-state index < -0.39 is 11.5 Å². The third-order valence-corrected chi connectivity index (χ3v) is 2.18. The van der Waals surface area contributed by atoms with E-state index in [0.29, 0.717) is 12.4 Å². The van der Waals surface area contributed by atoms with Crippen molar-refractivity contribution < 1.29 is 9.53 Å². The average molecular weight is 226 g/mol. The fraction of sp³-hybridized carbons (Fsp3) is 0.700. The van der Waals surface area contributed by atoms with Gasteiger partial charge in [0.15, 0.2) is 0 Å². The standard InChI is InChI=1S/C10H18N4O2/c1-5-16-9(15)10(4,11)6-14-8(3)12-7(2)13-14/h5-6,11H2,1-4H3. The second kappa shape index (κ2) is 4.61. The smallest absolute Gasteiger partial charge is 0.327 e. The normalized spacial score (nSPS) is 14.6. The quantitative estimate of drug-likeness (QED) is 0.740. The molecule has 1 aromatic heterocycles. The Hall–Kier alpha value is -1.43. The summed E-state index contributed by atoms with van der Waals surface area (Å²) in [5, 5.41) is 4.16. The van der Waals surface area contributed by atoms with Crippen LogP contribution in [0.1, 0.15) is 25.5 Å². The van der Waals surface area contributed by atoms with Crippen molar-refractivity contribution in [3.63, 3.8) is 0 Å². The van der Waals surface area contributed by atoms with Crippen LogP contribution in [0.15, 0.2) is 0 Å². The number of rotatable bonds is 4. The number of hydrogen-bond acceptors (Lipinski definition) is 5. The molecule has 0 aliphatic heterocycles. The van der Waals surface area contributed by atoms with Gasteiger partial charge in [-0.15, -0.1) is 0 Å². The maximum Gasteiger partial charge on any atom is 0.327 e. The van der Waals surface area contributed by atoms with Crippen LogP contribution < -0.4 is 5.73 Å². The summed E-state index contributed by atoms with van der Waals surface area (Å²) in [4.78, 5) is 15.7. The summed E-state index contributed by atoms with van der Waals surface area (Å²) in [5.41, 5.74) is 4.81. The molecule has 0 amide bonds. The van der Waals surface area contributed by atoms with E-state index in [-0.39, 0.29) is 6.54 Å². The second-order valence-corrected chi connectivity index (χ2v) is 4.00. The van der Waals surface area contributed by atoms with E-state index in [1.807, 2.05) is 6.92 Å². The SMILES string of the molecule is CCOC(=O)C(C)(N)Cn1nc(C)nc1C. The highest BCUT2D eigenvalue weighted by molar-refractivity contribution is 5.79. The number of carbonyl (C=O) groups is 1. The van der Waals surface area contributed by atoms with Crippen LogP contribution in [0.4, 0.5) is 0 Å². The maximum atomic E-state index is 11.6. The van der Waals surface area contributed by atoms with Gasteiger partial charge in [-0.3, -0.25) is 0 Å². The monoisotopic (exact) mass is 226 g/mol. The minimum Gasteiger partial charge on any atom is -0.465 e. The Kier molecular flexibility index (Phi) is 3.64. The molecule has 1 rings (SSSR count). The topological polar surface area (TPSA) is 83.0 Å². The Morgan fingerprint density at radius 3 is 2.62 bits per heavy atom. The first kappa shape index (κ1) is 12.6. The average Bonchev–Trinajstić information content (AvgIpc) is 2.44. The van der Waals surface area contributed by atoms with Crippen molar-refractivity contribution in [2.75, 3.05) is 6.61 Å². The Balaban J connectivity index is 2.79. The number of carbonyl (C=O) groups excluding carboxylic acids is 1. The van der Waals surface area contributed by atoms with E-state index in [1.54, 1.807) is 25.5 Å². The second-order valence-electron chi connectivity index (χ2n) is 4.00. The molecule has 1 unspecified atom stereocenters. The molecular weight excluding hydrogens is 208 g/mol. The third-order valence-electron chi connectivity index (χ3n) is 2.18. The molecule has 1 atom stereocenters. The summed E-state index contributed by atoms with van der Waals surface area (Å²) in [7, 11) is 0. The molecular formula is C10H18N4O2. The zero-order valence-corrected chi connectivity index (χ0v) is 10.1. The van der Waals surface area contributed by atoms with Crippen LogP contribution in [-0.4, -0.2) is 32.9 Å². The van der Waals surface area contributed by atoms with E-state index >= 15 is 0 Å². The van der Waals surface area contributed by atoms with Crippen LogP contribution in [-0.2, 0) is 16.1 Å². The van der Waals surface area contributed by atoms with Gasteiger partial charge in [-0.05, 0) is 27.7 Å². The van der Waals surface area contributed by atoms with Crippen molar-refractivity contribution >= 4 is 5.97 Å². The van der Waals surface area contributed by atoms with Gasteiger partial charge in [-0.2, -0.15) is 5.10 Å². The molecule has 1 aromatic rings. The summed E-state index contributed by atoms with van der Waals surface area (Å²) in [6.45, 7) is 7.57. The van der Waals surface area contributed by atoms with Crippen LogP contribution in [0, 0.1) is 13.8 Å². The van der Waals surface area contributed by atoms with Gasteiger partial charge in [0.2, 0.25) is 0 Å². The lowest BCUT2D eigenvalue weighted by atomic mass is 10.1. The molecule has 0 aromatic carbocycles. The fourth-order valence-corrected chi connectivity index (χ4v) is 1.38. The first-order valence-electron chi connectivity index (χ1n) is 5.21. The molecule has 6 heteroatoms. The number of ether oxygens (including phenoxy) is 1. The molecule has 0 aliphatic carbocycles. The zero-order chi connectivity index (χ0) is 12.3. The van der Waals surface area contributed by atoms with Crippen molar-refractivity contribution in [3.8, 4) is 0 Å². The van der Waals surface area contributed by atoms with Crippen LogP contribution in [0.25, 0.3) is 0 Å². The van der Waals surface area contributed by atoms with Gasteiger partial charge in [0.25, 0.3) is 0 Å². The number of aromatic nitrogens is 3. The molecule has 0 saturated heterocycles. The highest BCUT2D eigenvalue weighted by Crippen LogP contribution is 2.08. The predicted octanol–water partition coefficient (Wildman–Crippen LogP) is 0.175. The summed E-state index contributed by atoms with van der Waals surface area (Å²) in [5.74, 6) is 0.971. The zero-order valence-electron chi connectivity index (χ0n) is 10.1. The lowest BCUT2D eigenvalue weighted by molar-refractivity contribution is -0.149. The van der Waals surface area contributed by atoms with Crippen LogP contribution in [0.2, 0.25) is 0 Å². The minimum absolute atomic E-state index is 0.262. The Morgan fingerprint density at radius 1 is 1.56 bits per heavy atom. The maximum absolute atomic E-state index is 11.6. The summed E-state index contributed by atoms with van der Waals surface area (Å²) < 4.78 is 6.52. The van der Waals surface area contributed by atoms with Gasteiger partial charge < -0.3 is 10.5 Å². The number of hydrogen-bond donors (Lipinski definition) is 1. The largest absolute Gasteiger partial charge is 0.465 e. The summed E-state index contributed by atoms with van der Waals surface area (Å²) in [6.07, 6.45) is 0. The van der Waals surface area contributed by atoms with Gasteiger partial charge in [-0.25, -0.2) is 14.5 Å². The van der Waals surface area contributed by atoms with Crippen LogP contribution >= 0.6 is 0 Å². The lowest BCUT2D eigenvalue weighted by Gasteiger charge is -2.22. The molecule has 0 radical (unpaired) electrons. The molecule has 2 N–H and O–H groups in total. The van der Waals surface area contributed by atoms with E-state index in [1.165, 1.54) is 0 Å². The van der Waals surface area contributed by atoms with Crippen molar-refractivity contribution in [2.24, 2.45) is 5.73 Å². The molecule has 1 heterocycles. The van der Waals surface area contributed by atoms with E-state index in [0.717, 1.165) is 5.82 Å². The molecule has 0 spiro atoms. The number of nitrogens with zero attached hydrogens (tertiary/aromatic N) is 3. The van der Waals surface area contributed by atoms with Crippen LogP contribution in [0.3, 0.4) is 0 Å². The molecule has 90 valence electrons. The number of aryl methyl sites for hydroxylation is 2. The first-order valence-corrected chi connectivity index (χ1v) is 5.21.